The van der Waals surface area contributed by atoms with E-state index in [4.69, 9.17) is 5.11 Å². The molecule has 1 aliphatic heterocycles. The van der Waals surface area contributed by atoms with Gasteiger partial charge in [0.2, 0.25) is 0 Å². The Morgan fingerprint density at radius 1 is 1.46 bits per heavy atom. The summed E-state index contributed by atoms with van der Waals surface area (Å²) in [5.41, 5.74) is 0. The van der Waals surface area contributed by atoms with Crippen LogP contribution in [0.25, 0.3) is 0 Å². The van der Waals surface area contributed by atoms with E-state index in [2.05, 4.69) is 0 Å². The first-order chi connectivity index (χ1) is 6.06. The van der Waals surface area contributed by atoms with Crippen molar-refractivity contribution in [3.05, 3.63) is 0 Å². The van der Waals surface area contributed by atoms with Gasteiger partial charge >= 0.3 is 0 Å². The lowest BCUT2D eigenvalue weighted by molar-refractivity contribution is 0.0440. The maximum Gasteiger partial charge on any atom is 0.251 e. The lowest BCUT2D eigenvalue weighted by atomic mass is 10.0. The monoisotopic (exact) mass is 193 g/mol. The summed E-state index contributed by atoms with van der Waals surface area (Å²) in [5, 5.41) is 9.05. The molecule has 0 spiro atoms. The zero-order valence-corrected chi connectivity index (χ0v) is 8.08. The molecule has 1 saturated heterocycles. The van der Waals surface area contributed by atoms with Crippen LogP contribution in [0.15, 0.2) is 0 Å². The lowest BCUT2D eigenvalue weighted by Gasteiger charge is -2.27. The highest BCUT2D eigenvalue weighted by molar-refractivity contribution is 4.89. The normalized spacial score (nSPS) is 36.0. The van der Waals surface area contributed by atoms with Crippen molar-refractivity contribution < 1.29 is 13.9 Å². The Balaban J connectivity index is 2.58. The second kappa shape index (κ2) is 4.33. The summed E-state index contributed by atoms with van der Waals surface area (Å²) in [6, 6.07) is 0.0881. The molecule has 0 amide bonds. The molecule has 0 aliphatic carbocycles. The van der Waals surface area contributed by atoms with Crippen LogP contribution in [0.1, 0.15) is 20.3 Å². The molecule has 4 heteroatoms. The van der Waals surface area contributed by atoms with Crippen LogP contribution in [-0.4, -0.2) is 41.7 Å². The highest BCUT2D eigenvalue weighted by Crippen LogP contribution is 2.29. The summed E-state index contributed by atoms with van der Waals surface area (Å²) < 4.78 is 24.3. The third kappa shape index (κ3) is 2.38. The predicted molar refractivity (Wildman–Crippen MR) is 46.8 cm³/mol. The topological polar surface area (TPSA) is 23.5 Å². The number of hydrogen-bond donors (Lipinski definition) is 1. The van der Waals surface area contributed by atoms with Crippen molar-refractivity contribution in [1.82, 2.24) is 4.90 Å². The molecule has 1 heterocycles. The Morgan fingerprint density at radius 3 is 2.54 bits per heavy atom. The van der Waals surface area contributed by atoms with Crippen LogP contribution in [0.5, 0.6) is 0 Å². The van der Waals surface area contributed by atoms with Gasteiger partial charge in [0.05, 0.1) is 13.2 Å². The summed E-state index contributed by atoms with van der Waals surface area (Å²) in [4.78, 5) is 1.72. The van der Waals surface area contributed by atoms with Gasteiger partial charge in [-0.2, -0.15) is 0 Å². The first-order valence-corrected chi connectivity index (χ1v) is 4.71. The van der Waals surface area contributed by atoms with Crippen molar-refractivity contribution in [2.45, 2.75) is 38.8 Å². The van der Waals surface area contributed by atoms with E-state index in [9.17, 15) is 8.78 Å². The molecule has 0 bridgehead atoms. The molecule has 1 rings (SSSR count). The summed E-state index contributed by atoms with van der Waals surface area (Å²) in [5.74, 6) is 0.318. The number of aliphatic hydroxyl groups is 1. The van der Waals surface area contributed by atoms with Crippen LogP contribution in [-0.2, 0) is 0 Å². The van der Waals surface area contributed by atoms with Gasteiger partial charge in [0.1, 0.15) is 0 Å². The minimum atomic E-state index is -2.30. The molecule has 0 radical (unpaired) electrons. The summed E-state index contributed by atoms with van der Waals surface area (Å²) in [6.07, 6.45) is -1.40. The fourth-order valence-corrected chi connectivity index (χ4v) is 2.24. The highest BCUT2D eigenvalue weighted by atomic mass is 19.3. The number of hydrogen-bond acceptors (Lipinski definition) is 2. The van der Waals surface area contributed by atoms with Crippen LogP contribution in [0.2, 0.25) is 0 Å². The molecule has 78 valence electrons. The van der Waals surface area contributed by atoms with Crippen LogP contribution in [0, 0.1) is 5.92 Å². The number of nitrogens with zero attached hydrogens (tertiary/aromatic N) is 1. The Morgan fingerprint density at radius 2 is 2.08 bits per heavy atom. The van der Waals surface area contributed by atoms with Crippen molar-refractivity contribution in [1.29, 1.82) is 0 Å². The van der Waals surface area contributed by atoms with Gasteiger partial charge in [0.25, 0.3) is 6.43 Å². The minimum Gasteiger partial charge on any atom is -0.395 e. The fourth-order valence-electron chi connectivity index (χ4n) is 2.24. The second-order valence-corrected chi connectivity index (χ2v) is 3.90. The van der Waals surface area contributed by atoms with E-state index < -0.39 is 6.43 Å². The molecular weight excluding hydrogens is 176 g/mol. The first-order valence-electron chi connectivity index (χ1n) is 4.71. The highest BCUT2D eigenvalue weighted by Gasteiger charge is 2.36. The molecule has 2 unspecified atom stereocenters. The Bertz CT molecular complexity index is 166. The van der Waals surface area contributed by atoms with Crippen molar-refractivity contribution in [3.63, 3.8) is 0 Å². The van der Waals surface area contributed by atoms with Gasteiger partial charge < -0.3 is 5.11 Å². The molecule has 13 heavy (non-hydrogen) atoms. The van der Waals surface area contributed by atoms with E-state index in [1.807, 2.05) is 13.8 Å². The van der Waals surface area contributed by atoms with Crippen molar-refractivity contribution in [2.24, 2.45) is 5.92 Å². The minimum absolute atomic E-state index is 0.0156. The van der Waals surface area contributed by atoms with E-state index in [0.29, 0.717) is 5.92 Å². The number of rotatable bonds is 3. The zero-order chi connectivity index (χ0) is 10.0. The van der Waals surface area contributed by atoms with Crippen LogP contribution >= 0.6 is 0 Å². The predicted octanol–water partition coefficient (Wildman–Crippen LogP) is 1.34. The summed E-state index contributed by atoms with van der Waals surface area (Å²) in [6.45, 7) is 3.71. The van der Waals surface area contributed by atoms with Crippen molar-refractivity contribution in [3.8, 4) is 0 Å². The molecular formula is C9H17F2NO. The molecule has 0 aromatic rings. The molecule has 0 aromatic carbocycles. The SMILES string of the molecule is CC1CC(C)N(CC(F)F)[C@H]1CO. The van der Waals surface area contributed by atoms with Crippen LogP contribution in [0.3, 0.4) is 0 Å². The van der Waals surface area contributed by atoms with E-state index in [1.54, 1.807) is 4.90 Å². The molecule has 1 fully saturated rings. The summed E-state index contributed by atoms with van der Waals surface area (Å²) in [7, 11) is 0. The molecule has 0 aromatic heterocycles. The van der Waals surface area contributed by atoms with Gasteiger partial charge in [-0.3, -0.25) is 4.90 Å². The molecule has 2 nitrogen and oxygen atoms in total. The second-order valence-electron chi connectivity index (χ2n) is 3.90. The van der Waals surface area contributed by atoms with Gasteiger partial charge in [-0.25, -0.2) is 8.78 Å². The standard InChI is InChI=1S/C9H17F2NO/c1-6-3-7(2)12(4-9(10)11)8(6)5-13/h6-9,13H,3-5H2,1-2H3/t6?,7?,8-/m0/s1. The number of likely N-dealkylation sites (tertiary alicyclic amines) is 1. The van der Waals surface area contributed by atoms with Crippen LogP contribution < -0.4 is 0 Å². The third-order valence-electron chi connectivity index (χ3n) is 2.90. The van der Waals surface area contributed by atoms with Crippen molar-refractivity contribution >= 4 is 0 Å². The quantitative estimate of drug-likeness (QED) is 0.731. The van der Waals surface area contributed by atoms with E-state index in [-0.39, 0.29) is 25.2 Å². The first kappa shape index (κ1) is 10.9. The van der Waals surface area contributed by atoms with E-state index in [0.717, 1.165) is 6.42 Å². The van der Waals surface area contributed by atoms with Crippen LogP contribution in [0.4, 0.5) is 8.78 Å². The Kier molecular flexibility index (Phi) is 3.62. The molecule has 1 aliphatic rings. The lowest BCUT2D eigenvalue weighted by Crippen LogP contribution is -2.41. The molecule has 3 atom stereocenters. The van der Waals surface area contributed by atoms with E-state index in [1.165, 1.54) is 0 Å². The smallest absolute Gasteiger partial charge is 0.251 e. The van der Waals surface area contributed by atoms with Gasteiger partial charge in [0.15, 0.2) is 0 Å². The Hall–Kier alpha value is -0.220. The molecule has 1 N–H and O–H groups in total. The third-order valence-corrected chi connectivity index (χ3v) is 2.90. The van der Waals surface area contributed by atoms with Gasteiger partial charge in [0, 0.05) is 12.1 Å². The number of aliphatic hydroxyl groups excluding tert-OH is 1. The number of halogens is 2. The van der Waals surface area contributed by atoms with Gasteiger partial charge in [-0.05, 0) is 19.3 Å². The summed E-state index contributed by atoms with van der Waals surface area (Å²) >= 11 is 0. The number of alkyl halides is 2. The Labute approximate surface area is 77.5 Å². The fraction of sp³-hybridized carbons (Fsp3) is 1.00. The van der Waals surface area contributed by atoms with E-state index >= 15 is 0 Å². The maximum atomic E-state index is 12.2. The van der Waals surface area contributed by atoms with Gasteiger partial charge in [-0.15, -0.1) is 0 Å². The maximum absolute atomic E-state index is 12.2. The zero-order valence-electron chi connectivity index (χ0n) is 8.08. The molecule has 0 saturated carbocycles. The van der Waals surface area contributed by atoms with Crippen molar-refractivity contribution in [2.75, 3.05) is 13.2 Å². The largest absolute Gasteiger partial charge is 0.395 e. The average molecular weight is 193 g/mol. The average Bonchev–Trinajstić information content (AvgIpc) is 2.26. The van der Waals surface area contributed by atoms with Gasteiger partial charge in [-0.1, -0.05) is 6.92 Å².